The third-order valence-electron chi connectivity index (χ3n) is 2.11. The first kappa shape index (κ1) is 13.3. The van der Waals surface area contributed by atoms with Crippen LogP contribution in [0.25, 0.3) is 0 Å². The SMILES string of the molecule is CCN(C)S(=O)(=O)N(C)C(C)C(=O)O. The van der Waals surface area contributed by atoms with Crippen molar-refractivity contribution in [2.45, 2.75) is 19.9 Å². The Morgan fingerprint density at radius 2 is 1.86 bits per heavy atom. The van der Waals surface area contributed by atoms with Gasteiger partial charge in [0.15, 0.2) is 0 Å². The predicted octanol–water partition coefficient (Wildman–Crippen LogP) is -0.412. The number of hydrogen-bond donors (Lipinski definition) is 1. The van der Waals surface area contributed by atoms with Crippen molar-refractivity contribution in [3.05, 3.63) is 0 Å². The van der Waals surface area contributed by atoms with Crippen LogP contribution in [0.3, 0.4) is 0 Å². The Morgan fingerprint density at radius 3 is 2.14 bits per heavy atom. The largest absolute Gasteiger partial charge is 0.480 e. The zero-order valence-corrected chi connectivity index (χ0v) is 9.58. The van der Waals surface area contributed by atoms with Crippen molar-refractivity contribution in [1.82, 2.24) is 8.61 Å². The molecule has 0 saturated heterocycles. The molecule has 1 unspecified atom stereocenters. The molecule has 84 valence electrons. The van der Waals surface area contributed by atoms with Crippen LogP contribution in [-0.4, -0.2) is 54.8 Å². The van der Waals surface area contributed by atoms with Crippen LogP contribution in [-0.2, 0) is 15.0 Å². The molecule has 0 saturated carbocycles. The molecule has 0 aromatic rings. The lowest BCUT2D eigenvalue weighted by atomic mass is 10.4. The molecule has 0 fully saturated rings. The fourth-order valence-electron chi connectivity index (χ4n) is 0.738. The molecule has 0 aromatic carbocycles. The van der Waals surface area contributed by atoms with Crippen LogP contribution in [0.1, 0.15) is 13.8 Å². The highest BCUT2D eigenvalue weighted by Gasteiger charge is 2.30. The van der Waals surface area contributed by atoms with Crippen LogP contribution in [0, 0.1) is 0 Å². The zero-order chi connectivity index (χ0) is 11.5. The minimum atomic E-state index is -3.65. The van der Waals surface area contributed by atoms with Crippen LogP contribution in [0.4, 0.5) is 0 Å². The van der Waals surface area contributed by atoms with Gasteiger partial charge >= 0.3 is 5.97 Å². The van der Waals surface area contributed by atoms with Crippen molar-refractivity contribution < 1.29 is 18.3 Å². The molecule has 0 rings (SSSR count). The summed E-state index contributed by atoms with van der Waals surface area (Å²) in [6.07, 6.45) is 0. The number of carbonyl (C=O) groups is 1. The molecule has 0 radical (unpaired) electrons. The first-order chi connectivity index (χ1) is 6.25. The molecule has 6 nitrogen and oxygen atoms in total. The topological polar surface area (TPSA) is 77.9 Å². The van der Waals surface area contributed by atoms with E-state index in [1.807, 2.05) is 0 Å². The lowest BCUT2D eigenvalue weighted by Gasteiger charge is -2.25. The second-order valence-electron chi connectivity index (χ2n) is 2.95. The molecule has 0 heterocycles. The molecule has 0 aliphatic carbocycles. The Bertz CT molecular complexity index is 301. The molecule has 0 amide bonds. The molecule has 14 heavy (non-hydrogen) atoms. The quantitative estimate of drug-likeness (QED) is 0.688. The van der Waals surface area contributed by atoms with Gasteiger partial charge in [0.25, 0.3) is 10.2 Å². The average Bonchev–Trinajstić information content (AvgIpc) is 2.13. The third-order valence-corrected chi connectivity index (χ3v) is 4.20. The van der Waals surface area contributed by atoms with Gasteiger partial charge in [-0.2, -0.15) is 17.0 Å². The van der Waals surface area contributed by atoms with Gasteiger partial charge in [-0.15, -0.1) is 0 Å². The summed E-state index contributed by atoms with van der Waals surface area (Å²) in [4.78, 5) is 10.6. The highest BCUT2D eigenvalue weighted by atomic mass is 32.2. The first-order valence-corrected chi connectivity index (χ1v) is 5.57. The Hall–Kier alpha value is -0.660. The molecular weight excluding hydrogens is 208 g/mol. The monoisotopic (exact) mass is 224 g/mol. The van der Waals surface area contributed by atoms with Gasteiger partial charge in [0.2, 0.25) is 0 Å². The molecule has 0 bridgehead atoms. The number of rotatable bonds is 5. The summed E-state index contributed by atoms with van der Waals surface area (Å²) in [6.45, 7) is 3.30. The Morgan fingerprint density at radius 1 is 1.43 bits per heavy atom. The second kappa shape index (κ2) is 4.72. The van der Waals surface area contributed by atoms with Gasteiger partial charge in [-0.05, 0) is 6.92 Å². The van der Waals surface area contributed by atoms with E-state index in [1.165, 1.54) is 21.0 Å². The maximum Gasteiger partial charge on any atom is 0.321 e. The molecule has 0 aromatic heterocycles. The maximum atomic E-state index is 11.6. The van der Waals surface area contributed by atoms with E-state index in [9.17, 15) is 13.2 Å². The standard InChI is InChI=1S/C7H16N2O4S/c1-5-8(3)14(12,13)9(4)6(2)7(10)11/h6H,5H2,1-4H3,(H,10,11). The van der Waals surface area contributed by atoms with Crippen molar-refractivity contribution in [2.24, 2.45) is 0 Å². The first-order valence-electron chi connectivity index (χ1n) is 4.17. The maximum absolute atomic E-state index is 11.6. The summed E-state index contributed by atoms with van der Waals surface area (Å²) >= 11 is 0. The Labute approximate surface area is 84.3 Å². The minimum absolute atomic E-state index is 0.305. The summed E-state index contributed by atoms with van der Waals surface area (Å²) in [5, 5.41) is 8.65. The van der Waals surface area contributed by atoms with Crippen molar-refractivity contribution in [3.8, 4) is 0 Å². The molecule has 7 heteroatoms. The van der Waals surface area contributed by atoms with Crippen molar-refractivity contribution in [2.75, 3.05) is 20.6 Å². The van der Waals surface area contributed by atoms with Gasteiger partial charge in [-0.3, -0.25) is 4.79 Å². The van der Waals surface area contributed by atoms with Crippen LogP contribution in [0.5, 0.6) is 0 Å². The summed E-state index contributed by atoms with van der Waals surface area (Å²) in [6, 6.07) is -1.06. The van der Waals surface area contributed by atoms with Gasteiger partial charge in [0, 0.05) is 20.6 Å². The number of nitrogens with zero attached hydrogens (tertiary/aromatic N) is 2. The molecule has 0 spiro atoms. The van der Waals surface area contributed by atoms with Crippen molar-refractivity contribution >= 4 is 16.2 Å². The van der Waals surface area contributed by atoms with E-state index in [0.29, 0.717) is 6.54 Å². The molecule has 0 aliphatic heterocycles. The van der Waals surface area contributed by atoms with Crippen LogP contribution in [0.2, 0.25) is 0 Å². The van der Waals surface area contributed by atoms with Gasteiger partial charge in [0.05, 0.1) is 0 Å². The van der Waals surface area contributed by atoms with Crippen molar-refractivity contribution in [1.29, 1.82) is 0 Å². The molecule has 1 N–H and O–H groups in total. The predicted molar refractivity (Wildman–Crippen MR) is 52.1 cm³/mol. The van der Waals surface area contributed by atoms with Gasteiger partial charge in [-0.25, -0.2) is 0 Å². The van der Waals surface area contributed by atoms with E-state index in [0.717, 1.165) is 8.61 Å². The highest BCUT2D eigenvalue weighted by Crippen LogP contribution is 2.07. The van der Waals surface area contributed by atoms with Crippen LogP contribution < -0.4 is 0 Å². The molecule has 1 atom stereocenters. The summed E-state index contributed by atoms with van der Waals surface area (Å²) in [5.41, 5.74) is 0. The fourth-order valence-corrected chi connectivity index (χ4v) is 1.99. The molecular formula is C7H16N2O4S. The number of likely N-dealkylation sites (N-methyl/N-ethyl adjacent to an activating group) is 1. The smallest absolute Gasteiger partial charge is 0.321 e. The van der Waals surface area contributed by atoms with E-state index < -0.39 is 22.2 Å². The van der Waals surface area contributed by atoms with Crippen molar-refractivity contribution in [3.63, 3.8) is 0 Å². The summed E-state index contributed by atoms with van der Waals surface area (Å²) < 4.78 is 25.1. The summed E-state index contributed by atoms with van der Waals surface area (Å²) in [5.74, 6) is -1.17. The number of carboxylic acids is 1. The highest BCUT2D eigenvalue weighted by molar-refractivity contribution is 7.86. The van der Waals surface area contributed by atoms with Gasteiger partial charge in [0.1, 0.15) is 6.04 Å². The van der Waals surface area contributed by atoms with Gasteiger partial charge < -0.3 is 5.11 Å². The minimum Gasteiger partial charge on any atom is -0.480 e. The normalized spacial score (nSPS) is 14.7. The summed E-state index contributed by atoms with van der Waals surface area (Å²) in [7, 11) is -0.994. The zero-order valence-electron chi connectivity index (χ0n) is 8.76. The lowest BCUT2D eigenvalue weighted by Crippen LogP contribution is -2.46. The Balaban J connectivity index is 4.85. The van der Waals surface area contributed by atoms with Crippen LogP contribution >= 0.6 is 0 Å². The van der Waals surface area contributed by atoms with E-state index in [1.54, 1.807) is 6.92 Å². The second-order valence-corrected chi connectivity index (χ2v) is 5.05. The van der Waals surface area contributed by atoms with E-state index in [-0.39, 0.29) is 0 Å². The lowest BCUT2D eigenvalue weighted by molar-refractivity contribution is -0.140. The van der Waals surface area contributed by atoms with E-state index in [4.69, 9.17) is 5.11 Å². The average molecular weight is 224 g/mol. The van der Waals surface area contributed by atoms with E-state index >= 15 is 0 Å². The Kier molecular flexibility index (Phi) is 4.50. The number of hydrogen-bond acceptors (Lipinski definition) is 3. The van der Waals surface area contributed by atoms with E-state index in [2.05, 4.69) is 0 Å². The fraction of sp³-hybridized carbons (Fsp3) is 0.857. The van der Waals surface area contributed by atoms with Crippen LogP contribution in [0.15, 0.2) is 0 Å². The number of aliphatic carboxylic acids is 1. The van der Waals surface area contributed by atoms with Gasteiger partial charge in [-0.1, -0.05) is 6.92 Å². The third kappa shape index (κ3) is 2.66. The number of carboxylic acid groups (broad SMARTS) is 1. The molecule has 0 aliphatic rings.